The van der Waals surface area contributed by atoms with Gasteiger partial charge in [-0.1, -0.05) is 12.1 Å². The molecule has 0 saturated heterocycles. The Morgan fingerprint density at radius 1 is 0.952 bits per heavy atom. The van der Waals surface area contributed by atoms with Crippen LogP contribution in [-0.4, -0.2) is 41.0 Å². The van der Waals surface area contributed by atoms with Crippen LogP contribution in [0.25, 0.3) is 0 Å². The van der Waals surface area contributed by atoms with E-state index >= 15 is 0 Å². The summed E-state index contributed by atoms with van der Waals surface area (Å²) in [5, 5.41) is -0.788. The van der Waals surface area contributed by atoms with Gasteiger partial charge in [0.2, 0.25) is 0 Å². The summed E-state index contributed by atoms with van der Waals surface area (Å²) < 4.78 is 31.3. The smallest absolute Gasteiger partial charge is 0.267 e. The van der Waals surface area contributed by atoms with Crippen LogP contribution in [0.15, 0.2) is 24.3 Å². The van der Waals surface area contributed by atoms with E-state index in [1.807, 2.05) is 0 Å². The summed E-state index contributed by atoms with van der Waals surface area (Å²) in [6, 6.07) is 6.37. The fourth-order valence-electron chi connectivity index (χ4n) is 3.14. The Kier molecular flexibility index (Phi) is 3.33. The van der Waals surface area contributed by atoms with Gasteiger partial charge in [-0.3, -0.25) is 19.0 Å². The molecule has 1 aromatic carbocycles. The van der Waals surface area contributed by atoms with E-state index in [4.69, 9.17) is 4.55 Å². The maximum absolute atomic E-state index is 12.3. The molecule has 1 aromatic rings. The van der Waals surface area contributed by atoms with Crippen molar-refractivity contribution in [1.29, 1.82) is 0 Å². The summed E-state index contributed by atoms with van der Waals surface area (Å²) in [4.78, 5) is 25.9. The van der Waals surface area contributed by atoms with Crippen LogP contribution in [0.3, 0.4) is 0 Å². The van der Waals surface area contributed by atoms with Crippen molar-refractivity contribution in [3.05, 3.63) is 35.4 Å². The third-order valence-corrected chi connectivity index (χ3v) is 5.57. The van der Waals surface area contributed by atoms with E-state index in [0.29, 0.717) is 24.0 Å². The molecule has 1 saturated carbocycles. The molecule has 1 heterocycles. The standard InChI is InChI=1S/C14H15NO5S/c16-13-11-3-1-2-4-12(11)14(17)15(13)9-5-7-10(8-6-9)21(18,19)20/h1-4,9-10H,5-8H2,(H,18,19,20). The summed E-state index contributed by atoms with van der Waals surface area (Å²) >= 11 is 0. The lowest BCUT2D eigenvalue weighted by molar-refractivity contribution is 0.0549. The number of hydrogen-bond acceptors (Lipinski definition) is 4. The van der Waals surface area contributed by atoms with Gasteiger partial charge in [-0.25, -0.2) is 0 Å². The first kappa shape index (κ1) is 14.2. The minimum absolute atomic E-state index is 0.261. The molecule has 3 rings (SSSR count). The van der Waals surface area contributed by atoms with Gasteiger partial charge in [0.05, 0.1) is 16.4 Å². The maximum atomic E-state index is 12.3. The zero-order chi connectivity index (χ0) is 15.2. The largest absolute Gasteiger partial charge is 0.285 e. The number of carbonyl (C=O) groups is 2. The Morgan fingerprint density at radius 3 is 1.86 bits per heavy atom. The number of imide groups is 1. The highest BCUT2D eigenvalue weighted by molar-refractivity contribution is 7.86. The molecule has 0 atom stereocenters. The SMILES string of the molecule is O=C1c2ccccc2C(=O)N1C1CCC(S(=O)(=O)O)CC1. The summed E-state index contributed by atoms with van der Waals surface area (Å²) in [7, 11) is -4.04. The van der Waals surface area contributed by atoms with Crippen molar-refractivity contribution in [2.45, 2.75) is 37.0 Å². The van der Waals surface area contributed by atoms with Crippen LogP contribution < -0.4 is 0 Å². The molecule has 0 bridgehead atoms. The topological polar surface area (TPSA) is 91.8 Å². The fraction of sp³-hybridized carbons (Fsp3) is 0.429. The Bertz CT molecular complexity index is 669. The van der Waals surface area contributed by atoms with Crippen LogP contribution in [0.2, 0.25) is 0 Å². The van der Waals surface area contributed by atoms with Crippen molar-refractivity contribution in [2.75, 3.05) is 0 Å². The molecule has 6 nitrogen and oxygen atoms in total. The summed E-state index contributed by atoms with van der Waals surface area (Å²) in [5.41, 5.74) is 0.804. The normalized spacial score (nSPS) is 26.0. The molecule has 1 aliphatic heterocycles. The van der Waals surface area contributed by atoms with Crippen LogP contribution >= 0.6 is 0 Å². The fourth-order valence-corrected chi connectivity index (χ4v) is 4.01. The number of rotatable bonds is 2. The molecule has 1 aliphatic carbocycles. The predicted octanol–water partition coefficient (Wildman–Crippen LogP) is 1.48. The number of fused-ring (bicyclic) bond motifs is 1. The highest BCUT2D eigenvalue weighted by atomic mass is 32.2. The third kappa shape index (κ3) is 2.36. The molecular formula is C14H15NO5S. The van der Waals surface area contributed by atoms with E-state index in [0.717, 1.165) is 0 Å². The summed E-state index contributed by atoms with van der Waals surface area (Å²) in [5.74, 6) is -0.628. The minimum Gasteiger partial charge on any atom is -0.285 e. The lowest BCUT2D eigenvalue weighted by atomic mass is 9.94. The molecule has 0 radical (unpaired) electrons. The van der Waals surface area contributed by atoms with E-state index in [-0.39, 0.29) is 30.7 Å². The zero-order valence-corrected chi connectivity index (χ0v) is 12.0. The van der Waals surface area contributed by atoms with Crippen molar-refractivity contribution in [3.8, 4) is 0 Å². The number of nitrogens with zero attached hydrogens (tertiary/aromatic N) is 1. The minimum atomic E-state index is -4.04. The van der Waals surface area contributed by atoms with E-state index in [1.54, 1.807) is 24.3 Å². The zero-order valence-electron chi connectivity index (χ0n) is 11.2. The van der Waals surface area contributed by atoms with Crippen LogP contribution in [0.5, 0.6) is 0 Å². The first-order valence-electron chi connectivity index (χ1n) is 6.83. The molecule has 0 unspecified atom stereocenters. The van der Waals surface area contributed by atoms with Crippen molar-refractivity contribution in [2.24, 2.45) is 0 Å². The lowest BCUT2D eigenvalue weighted by Crippen LogP contribution is -2.43. The highest BCUT2D eigenvalue weighted by Crippen LogP contribution is 2.32. The average molecular weight is 309 g/mol. The van der Waals surface area contributed by atoms with Gasteiger partial charge in [-0.05, 0) is 37.8 Å². The number of benzene rings is 1. The molecular weight excluding hydrogens is 294 g/mol. The molecule has 2 aliphatic rings. The molecule has 2 amide bonds. The van der Waals surface area contributed by atoms with E-state index in [9.17, 15) is 18.0 Å². The Labute approximate surface area is 122 Å². The molecule has 7 heteroatoms. The first-order valence-corrected chi connectivity index (χ1v) is 8.33. The van der Waals surface area contributed by atoms with Gasteiger partial charge in [-0.2, -0.15) is 8.42 Å². The molecule has 0 aromatic heterocycles. The quantitative estimate of drug-likeness (QED) is 0.660. The molecule has 21 heavy (non-hydrogen) atoms. The van der Waals surface area contributed by atoms with Crippen LogP contribution in [0, 0.1) is 0 Å². The number of hydrogen-bond donors (Lipinski definition) is 1. The van der Waals surface area contributed by atoms with Gasteiger partial charge in [0.15, 0.2) is 0 Å². The molecule has 1 fully saturated rings. The molecule has 1 N–H and O–H groups in total. The van der Waals surface area contributed by atoms with E-state index < -0.39 is 15.4 Å². The van der Waals surface area contributed by atoms with Crippen LogP contribution in [0.4, 0.5) is 0 Å². The number of carbonyl (C=O) groups excluding carboxylic acids is 2. The Morgan fingerprint density at radius 2 is 1.43 bits per heavy atom. The Balaban J connectivity index is 1.79. The van der Waals surface area contributed by atoms with Gasteiger partial charge >= 0.3 is 0 Å². The second-order valence-electron chi connectivity index (χ2n) is 5.47. The van der Waals surface area contributed by atoms with Gasteiger partial charge in [0, 0.05) is 6.04 Å². The second-order valence-corrected chi connectivity index (χ2v) is 7.17. The van der Waals surface area contributed by atoms with Crippen LogP contribution in [0.1, 0.15) is 46.4 Å². The van der Waals surface area contributed by atoms with E-state index in [1.165, 1.54) is 4.90 Å². The Hall–Kier alpha value is -1.73. The summed E-state index contributed by atoms with van der Waals surface area (Å²) in [6.07, 6.45) is 1.32. The monoisotopic (exact) mass is 309 g/mol. The number of amides is 2. The molecule has 112 valence electrons. The van der Waals surface area contributed by atoms with Gasteiger partial charge in [0.1, 0.15) is 0 Å². The summed E-state index contributed by atoms with van der Waals surface area (Å²) in [6.45, 7) is 0. The predicted molar refractivity (Wildman–Crippen MR) is 74.5 cm³/mol. The average Bonchev–Trinajstić information content (AvgIpc) is 2.71. The van der Waals surface area contributed by atoms with Gasteiger partial charge in [-0.15, -0.1) is 0 Å². The second kappa shape index (κ2) is 4.92. The van der Waals surface area contributed by atoms with Gasteiger partial charge in [0.25, 0.3) is 21.9 Å². The maximum Gasteiger partial charge on any atom is 0.267 e. The first-order chi connectivity index (χ1) is 9.89. The van der Waals surface area contributed by atoms with Crippen molar-refractivity contribution in [1.82, 2.24) is 4.90 Å². The van der Waals surface area contributed by atoms with Crippen molar-refractivity contribution < 1.29 is 22.6 Å². The molecule has 0 spiro atoms. The van der Waals surface area contributed by atoms with Crippen molar-refractivity contribution >= 4 is 21.9 Å². The van der Waals surface area contributed by atoms with Crippen LogP contribution in [-0.2, 0) is 10.1 Å². The third-order valence-electron chi connectivity index (χ3n) is 4.26. The highest BCUT2D eigenvalue weighted by Gasteiger charge is 2.42. The van der Waals surface area contributed by atoms with E-state index in [2.05, 4.69) is 0 Å². The van der Waals surface area contributed by atoms with Crippen molar-refractivity contribution in [3.63, 3.8) is 0 Å². The van der Waals surface area contributed by atoms with Gasteiger partial charge < -0.3 is 0 Å². The lowest BCUT2D eigenvalue weighted by Gasteiger charge is -2.32.